The van der Waals surface area contributed by atoms with E-state index in [1.165, 1.54) is 5.56 Å². The molecular weight excluding hydrogens is 282 g/mol. The summed E-state index contributed by atoms with van der Waals surface area (Å²) in [7, 11) is 0. The molecule has 0 radical (unpaired) electrons. The Labute approximate surface area is 125 Å². The minimum Gasteiger partial charge on any atom is -0.423 e. The molecule has 0 aliphatic carbocycles. The molecule has 2 aromatic heterocycles. The van der Waals surface area contributed by atoms with Crippen LogP contribution in [0.15, 0.2) is 40.8 Å². The average Bonchev–Trinajstić information content (AvgIpc) is 3.06. The van der Waals surface area contributed by atoms with Gasteiger partial charge in [-0.3, -0.25) is 5.32 Å². The Morgan fingerprint density at radius 3 is 2.71 bits per heavy atom. The van der Waals surface area contributed by atoms with Crippen LogP contribution < -0.4 is 5.32 Å². The number of nitrogens with zero attached hydrogens (tertiary/aromatic N) is 2. The van der Waals surface area contributed by atoms with Gasteiger partial charge in [0.25, 0.3) is 0 Å². The first-order chi connectivity index (χ1) is 10.2. The van der Waals surface area contributed by atoms with E-state index in [0.717, 1.165) is 32.0 Å². The van der Waals surface area contributed by atoms with Crippen molar-refractivity contribution in [3.8, 4) is 0 Å². The zero-order valence-electron chi connectivity index (χ0n) is 11.7. The largest absolute Gasteiger partial charge is 0.423 e. The van der Waals surface area contributed by atoms with E-state index in [1.54, 1.807) is 11.3 Å². The van der Waals surface area contributed by atoms with Gasteiger partial charge >= 0.3 is 6.01 Å². The highest BCUT2D eigenvalue weighted by Crippen LogP contribution is 2.30. The van der Waals surface area contributed by atoms with E-state index in [2.05, 4.69) is 34.3 Å². The van der Waals surface area contributed by atoms with E-state index < -0.39 is 0 Å². The maximum Gasteiger partial charge on any atom is 0.302 e. The van der Waals surface area contributed by atoms with Crippen molar-refractivity contribution in [2.24, 2.45) is 0 Å². The number of aromatic nitrogens is 2. The molecule has 0 saturated carbocycles. The van der Waals surface area contributed by atoms with Crippen LogP contribution >= 0.6 is 11.3 Å². The van der Waals surface area contributed by atoms with Crippen molar-refractivity contribution < 1.29 is 4.42 Å². The van der Waals surface area contributed by atoms with Gasteiger partial charge in [-0.25, -0.2) is 4.98 Å². The van der Waals surface area contributed by atoms with Gasteiger partial charge in [-0.05, 0) is 43.2 Å². The summed E-state index contributed by atoms with van der Waals surface area (Å²) in [4.78, 5) is 8.99. The minimum absolute atomic E-state index is 0.484. The topological polar surface area (TPSA) is 51.0 Å². The van der Waals surface area contributed by atoms with Gasteiger partial charge in [-0.2, -0.15) is 4.98 Å². The number of rotatable bonds is 2. The van der Waals surface area contributed by atoms with Gasteiger partial charge in [0.2, 0.25) is 0 Å². The van der Waals surface area contributed by atoms with Crippen LogP contribution in [-0.2, 0) is 0 Å². The second-order valence-electron chi connectivity index (χ2n) is 4.99. The van der Waals surface area contributed by atoms with Crippen LogP contribution in [0.2, 0.25) is 0 Å². The van der Waals surface area contributed by atoms with Crippen LogP contribution in [0.25, 0.3) is 21.3 Å². The molecule has 0 aliphatic heterocycles. The fourth-order valence-corrected chi connectivity index (χ4v) is 3.15. The molecule has 4 rings (SSSR count). The van der Waals surface area contributed by atoms with Crippen molar-refractivity contribution in [3.05, 3.63) is 47.5 Å². The molecule has 2 heterocycles. The highest BCUT2D eigenvalue weighted by atomic mass is 32.1. The van der Waals surface area contributed by atoms with E-state index in [-0.39, 0.29) is 0 Å². The number of hydrogen-bond donors (Lipinski definition) is 1. The van der Waals surface area contributed by atoms with Gasteiger partial charge in [0.05, 0.1) is 10.2 Å². The first-order valence-corrected chi connectivity index (χ1v) is 7.52. The molecule has 5 heteroatoms. The number of hydrogen-bond acceptors (Lipinski definition) is 5. The first kappa shape index (κ1) is 12.3. The van der Waals surface area contributed by atoms with Crippen LogP contribution in [0.1, 0.15) is 11.1 Å². The molecule has 2 aromatic carbocycles. The van der Waals surface area contributed by atoms with E-state index in [0.29, 0.717) is 6.01 Å². The van der Waals surface area contributed by atoms with Crippen molar-refractivity contribution in [1.82, 2.24) is 9.97 Å². The average molecular weight is 295 g/mol. The molecule has 1 N–H and O–H groups in total. The Balaban J connectivity index is 1.75. The van der Waals surface area contributed by atoms with Crippen LogP contribution in [0.5, 0.6) is 0 Å². The SMILES string of the molecule is Cc1ccc2nc(Nc3nc4ccccc4s3)oc2c1C. The number of benzene rings is 2. The number of oxazole rings is 1. The van der Waals surface area contributed by atoms with E-state index in [9.17, 15) is 0 Å². The summed E-state index contributed by atoms with van der Waals surface area (Å²) < 4.78 is 6.97. The highest BCUT2D eigenvalue weighted by Gasteiger charge is 2.11. The third-order valence-electron chi connectivity index (χ3n) is 3.58. The molecule has 0 spiro atoms. The number of para-hydroxylation sites is 1. The summed E-state index contributed by atoms with van der Waals surface area (Å²) in [5.74, 6) is 0. The number of thiazole rings is 1. The Morgan fingerprint density at radius 2 is 1.86 bits per heavy atom. The molecule has 21 heavy (non-hydrogen) atoms. The maximum atomic E-state index is 5.82. The lowest BCUT2D eigenvalue weighted by Gasteiger charge is -1.97. The summed E-state index contributed by atoms with van der Waals surface area (Å²) in [6.45, 7) is 4.11. The molecule has 0 saturated heterocycles. The van der Waals surface area contributed by atoms with Crippen molar-refractivity contribution in [1.29, 1.82) is 0 Å². The Morgan fingerprint density at radius 1 is 1.00 bits per heavy atom. The Kier molecular flexibility index (Phi) is 2.68. The second kappa shape index (κ2) is 4.56. The fourth-order valence-electron chi connectivity index (χ4n) is 2.29. The summed E-state index contributed by atoms with van der Waals surface area (Å²) in [6.07, 6.45) is 0. The number of anilines is 2. The predicted octanol–water partition coefficient (Wildman–Crippen LogP) is 4.80. The third kappa shape index (κ3) is 2.06. The molecule has 0 unspecified atom stereocenters. The maximum absolute atomic E-state index is 5.82. The molecule has 0 bridgehead atoms. The molecule has 4 nitrogen and oxygen atoms in total. The van der Waals surface area contributed by atoms with Crippen molar-refractivity contribution in [2.75, 3.05) is 5.32 Å². The molecule has 0 fully saturated rings. The Hall–Kier alpha value is -2.40. The lowest BCUT2D eigenvalue weighted by Crippen LogP contribution is -1.88. The van der Waals surface area contributed by atoms with E-state index >= 15 is 0 Å². The van der Waals surface area contributed by atoms with Gasteiger partial charge in [0, 0.05) is 0 Å². The molecule has 104 valence electrons. The highest BCUT2D eigenvalue weighted by molar-refractivity contribution is 7.22. The van der Waals surface area contributed by atoms with Crippen LogP contribution in [0.4, 0.5) is 11.1 Å². The Bertz CT molecular complexity index is 922. The minimum atomic E-state index is 0.484. The normalized spacial score (nSPS) is 11.3. The molecular formula is C16H13N3OS. The van der Waals surface area contributed by atoms with Crippen molar-refractivity contribution >= 4 is 43.8 Å². The zero-order valence-corrected chi connectivity index (χ0v) is 12.5. The van der Waals surface area contributed by atoms with Gasteiger partial charge in [0.15, 0.2) is 10.7 Å². The van der Waals surface area contributed by atoms with Crippen molar-refractivity contribution in [2.45, 2.75) is 13.8 Å². The smallest absolute Gasteiger partial charge is 0.302 e. The van der Waals surface area contributed by atoms with Crippen LogP contribution in [0.3, 0.4) is 0 Å². The second-order valence-corrected chi connectivity index (χ2v) is 6.02. The van der Waals surface area contributed by atoms with E-state index in [4.69, 9.17) is 4.42 Å². The van der Waals surface area contributed by atoms with Crippen LogP contribution in [0, 0.1) is 13.8 Å². The lowest BCUT2D eigenvalue weighted by molar-refractivity contribution is 0.620. The molecule has 4 aromatic rings. The summed E-state index contributed by atoms with van der Waals surface area (Å²) in [5, 5.41) is 3.95. The predicted molar refractivity (Wildman–Crippen MR) is 86.4 cm³/mol. The third-order valence-corrected chi connectivity index (χ3v) is 4.54. The standard InChI is InChI=1S/C16H13N3OS/c1-9-7-8-12-14(10(9)2)20-15(17-12)19-16-18-11-5-3-4-6-13(11)21-16/h3-8H,1-2H3,(H,17,18,19). The summed E-state index contributed by atoms with van der Waals surface area (Å²) in [5.41, 5.74) is 5.00. The molecule has 0 atom stereocenters. The number of aryl methyl sites for hydroxylation is 2. The zero-order chi connectivity index (χ0) is 14.4. The van der Waals surface area contributed by atoms with Gasteiger partial charge in [-0.15, -0.1) is 0 Å². The summed E-state index contributed by atoms with van der Waals surface area (Å²) in [6, 6.07) is 12.6. The van der Waals surface area contributed by atoms with Crippen LogP contribution in [-0.4, -0.2) is 9.97 Å². The van der Waals surface area contributed by atoms with Gasteiger partial charge in [0.1, 0.15) is 5.52 Å². The van der Waals surface area contributed by atoms with Gasteiger partial charge in [-0.1, -0.05) is 29.5 Å². The monoisotopic (exact) mass is 295 g/mol. The fraction of sp³-hybridized carbons (Fsp3) is 0.125. The van der Waals surface area contributed by atoms with E-state index in [1.807, 2.05) is 31.2 Å². The number of fused-ring (bicyclic) bond motifs is 2. The van der Waals surface area contributed by atoms with Crippen molar-refractivity contribution in [3.63, 3.8) is 0 Å². The summed E-state index contributed by atoms with van der Waals surface area (Å²) >= 11 is 1.59. The molecule has 0 aliphatic rings. The lowest BCUT2D eigenvalue weighted by atomic mass is 10.1. The first-order valence-electron chi connectivity index (χ1n) is 6.70. The number of nitrogens with one attached hydrogen (secondary N) is 1. The quantitative estimate of drug-likeness (QED) is 0.577. The molecule has 0 amide bonds. The van der Waals surface area contributed by atoms with Gasteiger partial charge < -0.3 is 4.42 Å².